The Morgan fingerprint density at radius 3 is 2.86 bits per heavy atom. The van der Waals surface area contributed by atoms with Gasteiger partial charge in [0.1, 0.15) is 0 Å². The first-order valence-corrected chi connectivity index (χ1v) is 5.82. The van der Waals surface area contributed by atoms with E-state index < -0.39 is 0 Å². The monoisotopic (exact) mass is 207 g/mol. The predicted molar refractivity (Wildman–Crippen MR) is 63.4 cm³/mol. The molecule has 0 fully saturated rings. The molecule has 0 aromatic carbocycles. The van der Waals surface area contributed by atoms with Crippen LogP contribution < -0.4 is 5.32 Å². The minimum atomic E-state index is 0.224. The summed E-state index contributed by atoms with van der Waals surface area (Å²) in [5.74, 6) is 2.77. The van der Waals surface area contributed by atoms with Crippen LogP contribution in [0.2, 0.25) is 0 Å². The molecule has 0 saturated heterocycles. The van der Waals surface area contributed by atoms with Crippen molar-refractivity contribution >= 4 is 11.3 Å². The Bertz CT molecular complexity index is 308. The zero-order valence-corrected chi connectivity index (χ0v) is 9.66. The first-order chi connectivity index (χ1) is 6.76. The number of hydrogen-bond donors (Lipinski definition) is 1. The van der Waals surface area contributed by atoms with Crippen molar-refractivity contribution < 1.29 is 0 Å². The molecule has 14 heavy (non-hydrogen) atoms. The predicted octanol–water partition coefficient (Wildman–Crippen LogP) is 2.95. The SMILES string of the molecule is C#CC(CCC)NCc1ccc(C)s1. The van der Waals surface area contributed by atoms with Crippen molar-refractivity contribution in [3.63, 3.8) is 0 Å². The number of terminal acetylenes is 1. The average molecular weight is 207 g/mol. The van der Waals surface area contributed by atoms with Crippen LogP contribution in [0.4, 0.5) is 0 Å². The molecule has 1 aromatic rings. The largest absolute Gasteiger partial charge is 0.299 e. The standard InChI is InChI=1S/C12H17NS/c1-4-6-11(5-2)13-9-12-8-7-10(3)14-12/h2,7-8,11,13H,4,6,9H2,1,3H3. The summed E-state index contributed by atoms with van der Waals surface area (Å²) in [6, 6.07) is 4.53. The van der Waals surface area contributed by atoms with Crippen molar-refractivity contribution in [2.24, 2.45) is 0 Å². The van der Waals surface area contributed by atoms with Gasteiger partial charge in [0, 0.05) is 16.3 Å². The number of nitrogens with one attached hydrogen (secondary N) is 1. The van der Waals surface area contributed by atoms with E-state index in [2.05, 4.69) is 37.2 Å². The summed E-state index contributed by atoms with van der Waals surface area (Å²) in [6.07, 6.45) is 7.61. The second-order valence-electron chi connectivity index (χ2n) is 3.40. The van der Waals surface area contributed by atoms with Crippen molar-refractivity contribution in [3.05, 3.63) is 21.9 Å². The minimum absolute atomic E-state index is 0.224. The molecule has 1 unspecified atom stereocenters. The average Bonchev–Trinajstić information content (AvgIpc) is 2.59. The lowest BCUT2D eigenvalue weighted by Crippen LogP contribution is -2.26. The lowest BCUT2D eigenvalue weighted by atomic mass is 10.2. The van der Waals surface area contributed by atoms with Crippen LogP contribution in [0, 0.1) is 19.3 Å². The lowest BCUT2D eigenvalue weighted by molar-refractivity contribution is 0.566. The normalized spacial score (nSPS) is 12.4. The van der Waals surface area contributed by atoms with Crippen LogP contribution in [0.1, 0.15) is 29.5 Å². The maximum atomic E-state index is 5.42. The van der Waals surface area contributed by atoms with Gasteiger partial charge in [0.05, 0.1) is 6.04 Å². The Balaban J connectivity index is 2.36. The summed E-state index contributed by atoms with van der Waals surface area (Å²) in [6.45, 7) is 5.17. The number of rotatable bonds is 5. The third-order valence-corrected chi connectivity index (χ3v) is 3.10. The highest BCUT2D eigenvalue weighted by atomic mass is 32.1. The molecule has 0 amide bonds. The molecule has 1 atom stereocenters. The summed E-state index contributed by atoms with van der Waals surface area (Å²) < 4.78 is 0. The molecule has 2 heteroatoms. The fraction of sp³-hybridized carbons (Fsp3) is 0.500. The van der Waals surface area contributed by atoms with E-state index in [4.69, 9.17) is 6.42 Å². The first kappa shape index (κ1) is 11.3. The topological polar surface area (TPSA) is 12.0 Å². The summed E-state index contributed by atoms with van der Waals surface area (Å²) in [5, 5.41) is 3.37. The minimum Gasteiger partial charge on any atom is -0.299 e. The van der Waals surface area contributed by atoms with E-state index in [1.807, 2.05) is 11.3 Å². The number of hydrogen-bond acceptors (Lipinski definition) is 2. The van der Waals surface area contributed by atoms with Crippen molar-refractivity contribution in [3.8, 4) is 12.3 Å². The molecule has 1 nitrogen and oxygen atoms in total. The molecule has 1 aromatic heterocycles. The van der Waals surface area contributed by atoms with Gasteiger partial charge in [-0.3, -0.25) is 5.32 Å². The highest BCUT2D eigenvalue weighted by molar-refractivity contribution is 7.11. The van der Waals surface area contributed by atoms with Crippen LogP contribution >= 0.6 is 11.3 Å². The highest BCUT2D eigenvalue weighted by Crippen LogP contribution is 2.14. The number of thiophene rings is 1. The van der Waals surface area contributed by atoms with Crippen LogP contribution in [-0.4, -0.2) is 6.04 Å². The smallest absolute Gasteiger partial charge is 0.0689 e. The quantitative estimate of drug-likeness (QED) is 0.732. The van der Waals surface area contributed by atoms with Gasteiger partial charge in [-0.15, -0.1) is 17.8 Å². The van der Waals surface area contributed by atoms with Gasteiger partial charge in [-0.25, -0.2) is 0 Å². The highest BCUT2D eigenvalue weighted by Gasteiger charge is 2.03. The van der Waals surface area contributed by atoms with Crippen molar-refractivity contribution in [1.29, 1.82) is 0 Å². The van der Waals surface area contributed by atoms with Gasteiger partial charge >= 0.3 is 0 Å². The van der Waals surface area contributed by atoms with Crippen LogP contribution in [0.5, 0.6) is 0 Å². The number of aryl methyl sites for hydroxylation is 1. The molecule has 0 spiro atoms. The van der Waals surface area contributed by atoms with Gasteiger partial charge in [0.15, 0.2) is 0 Å². The molecular formula is C12H17NS. The van der Waals surface area contributed by atoms with Crippen LogP contribution in [-0.2, 0) is 6.54 Å². The van der Waals surface area contributed by atoms with Gasteiger partial charge in [-0.05, 0) is 25.5 Å². The molecule has 0 aliphatic carbocycles. The Labute approximate surface area is 90.5 Å². The van der Waals surface area contributed by atoms with Crippen LogP contribution in [0.25, 0.3) is 0 Å². The first-order valence-electron chi connectivity index (χ1n) is 5.01. The molecule has 0 aliphatic heterocycles. The van der Waals surface area contributed by atoms with Gasteiger partial charge in [0.2, 0.25) is 0 Å². The van der Waals surface area contributed by atoms with E-state index in [0.717, 1.165) is 19.4 Å². The third kappa shape index (κ3) is 3.53. The molecular weight excluding hydrogens is 190 g/mol. The Hall–Kier alpha value is -0.780. The summed E-state index contributed by atoms with van der Waals surface area (Å²) in [7, 11) is 0. The molecule has 0 saturated carbocycles. The fourth-order valence-electron chi connectivity index (χ4n) is 1.34. The maximum absolute atomic E-state index is 5.42. The molecule has 76 valence electrons. The second-order valence-corrected chi connectivity index (χ2v) is 4.77. The Morgan fingerprint density at radius 1 is 1.57 bits per heavy atom. The molecule has 1 N–H and O–H groups in total. The Kier molecular flexibility index (Phi) is 4.72. The van der Waals surface area contributed by atoms with E-state index in [9.17, 15) is 0 Å². The van der Waals surface area contributed by atoms with E-state index >= 15 is 0 Å². The van der Waals surface area contributed by atoms with Gasteiger partial charge in [0.25, 0.3) is 0 Å². The Morgan fingerprint density at radius 2 is 2.36 bits per heavy atom. The van der Waals surface area contributed by atoms with Crippen molar-refractivity contribution in [2.75, 3.05) is 0 Å². The van der Waals surface area contributed by atoms with Crippen LogP contribution in [0.15, 0.2) is 12.1 Å². The maximum Gasteiger partial charge on any atom is 0.0689 e. The van der Waals surface area contributed by atoms with E-state index in [1.54, 1.807) is 0 Å². The molecule has 0 bridgehead atoms. The molecule has 1 rings (SSSR count). The van der Waals surface area contributed by atoms with Gasteiger partial charge < -0.3 is 0 Å². The molecule has 0 aliphatic rings. The van der Waals surface area contributed by atoms with Gasteiger partial charge in [-0.2, -0.15) is 0 Å². The van der Waals surface area contributed by atoms with Crippen LogP contribution in [0.3, 0.4) is 0 Å². The zero-order valence-electron chi connectivity index (χ0n) is 8.84. The van der Waals surface area contributed by atoms with E-state index in [-0.39, 0.29) is 6.04 Å². The van der Waals surface area contributed by atoms with Crippen molar-refractivity contribution in [2.45, 2.75) is 39.3 Å². The lowest BCUT2D eigenvalue weighted by Gasteiger charge is -2.10. The second kappa shape index (κ2) is 5.85. The summed E-state index contributed by atoms with van der Waals surface area (Å²) >= 11 is 1.83. The molecule has 1 heterocycles. The third-order valence-electron chi connectivity index (χ3n) is 2.10. The summed E-state index contributed by atoms with van der Waals surface area (Å²) in [4.78, 5) is 2.72. The van der Waals surface area contributed by atoms with E-state index in [1.165, 1.54) is 9.75 Å². The van der Waals surface area contributed by atoms with E-state index in [0.29, 0.717) is 0 Å². The van der Waals surface area contributed by atoms with Gasteiger partial charge in [-0.1, -0.05) is 19.3 Å². The summed E-state index contributed by atoms with van der Waals surface area (Å²) in [5.41, 5.74) is 0. The fourth-order valence-corrected chi connectivity index (χ4v) is 2.18. The zero-order chi connectivity index (χ0) is 10.4. The van der Waals surface area contributed by atoms with Crippen molar-refractivity contribution in [1.82, 2.24) is 5.32 Å². The molecule has 0 radical (unpaired) electrons.